The molecule has 0 atom stereocenters. The molecule has 162 valence electrons. The zero-order chi connectivity index (χ0) is 21.5. The number of benzene rings is 1. The molecule has 8 heteroatoms. The molecule has 0 radical (unpaired) electrons. The Hall–Kier alpha value is -2.87. The lowest BCUT2D eigenvalue weighted by molar-refractivity contribution is -0.121. The van der Waals surface area contributed by atoms with Gasteiger partial charge in [-0.15, -0.1) is 0 Å². The van der Waals surface area contributed by atoms with E-state index in [-0.39, 0.29) is 12.3 Å². The molecular formula is C22H31N5O3. The van der Waals surface area contributed by atoms with Crippen LogP contribution in [0.15, 0.2) is 33.9 Å². The number of carbonyl (C=O) groups is 1. The summed E-state index contributed by atoms with van der Waals surface area (Å²) in [6.07, 6.45) is 1.43. The van der Waals surface area contributed by atoms with Gasteiger partial charge in [-0.25, -0.2) is 4.79 Å². The highest BCUT2D eigenvalue weighted by atomic mass is 16.2. The first-order valence-electron chi connectivity index (χ1n) is 10.5. The van der Waals surface area contributed by atoms with Crippen LogP contribution in [-0.2, 0) is 11.2 Å². The minimum absolute atomic E-state index is 0.0794. The number of aromatic nitrogens is 2. The van der Waals surface area contributed by atoms with Crippen molar-refractivity contribution in [2.24, 2.45) is 0 Å². The fourth-order valence-corrected chi connectivity index (χ4v) is 3.84. The number of amides is 1. The van der Waals surface area contributed by atoms with Crippen LogP contribution in [-0.4, -0.2) is 60.0 Å². The maximum Gasteiger partial charge on any atom is 0.325 e. The zero-order valence-corrected chi connectivity index (χ0v) is 17.8. The maximum absolute atomic E-state index is 12.1. The van der Waals surface area contributed by atoms with E-state index < -0.39 is 11.2 Å². The molecule has 2 aromatic rings. The first-order valence-corrected chi connectivity index (χ1v) is 10.5. The summed E-state index contributed by atoms with van der Waals surface area (Å²) < 4.78 is 0. The van der Waals surface area contributed by atoms with Gasteiger partial charge in [-0.3, -0.25) is 19.5 Å². The van der Waals surface area contributed by atoms with Crippen LogP contribution >= 0.6 is 0 Å². The van der Waals surface area contributed by atoms with Gasteiger partial charge in [-0.2, -0.15) is 0 Å². The molecule has 1 aliphatic rings. The smallest absolute Gasteiger partial charge is 0.325 e. The number of carbonyl (C=O) groups excluding carboxylic acids is 1. The van der Waals surface area contributed by atoms with Crippen LogP contribution in [0.4, 0.5) is 5.69 Å². The first kappa shape index (κ1) is 21.8. The van der Waals surface area contributed by atoms with Gasteiger partial charge in [0.05, 0.1) is 0 Å². The molecule has 1 aliphatic heterocycles. The quantitative estimate of drug-likeness (QED) is 0.559. The molecule has 0 bridgehead atoms. The second-order valence-electron chi connectivity index (χ2n) is 7.88. The fourth-order valence-electron chi connectivity index (χ4n) is 3.84. The van der Waals surface area contributed by atoms with E-state index in [2.05, 4.69) is 56.3 Å². The Morgan fingerprint density at radius 2 is 1.87 bits per heavy atom. The lowest BCUT2D eigenvalue weighted by Crippen LogP contribution is -2.47. The summed E-state index contributed by atoms with van der Waals surface area (Å²) in [5, 5.41) is 2.92. The van der Waals surface area contributed by atoms with Gasteiger partial charge >= 0.3 is 5.69 Å². The highest BCUT2D eigenvalue weighted by Crippen LogP contribution is 2.17. The Balaban J connectivity index is 1.32. The van der Waals surface area contributed by atoms with Crippen LogP contribution in [0.25, 0.3) is 0 Å². The van der Waals surface area contributed by atoms with E-state index in [1.54, 1.807) is 6.92 Å². The average molecular weight is 414 g/mol. The van der Waals surface area contributed by atoms with Crippen molar-refractivity contribution in [3.05, 3.63) is 61.9 Å². The number of piperazine rings is 1. The van der Waals surface area contributed by atoms with Gasteiger partial charge in [0.2, 0.25) is 5.91 Å². The molecule has 3 N–H and O–H groups in total. The van der Waals surface area contributed by atoms with Crippen LogP contribution in [0.2, 0.25) is 0 Å². The van der Waals surface area contributed by atoms with Gasteiger partial charge in [0, 0.05) is 56.1 Å². The summed E-state index contributed by atoms with van der Waals surface area (Å²) in [6.45, 7) is 9.45. The minimum atomic E-state index is -0.523. The summed E-state index contributed by atoms with van der Waals surface area (Å²) in [5.41, 5.74) is 2.60. The van der Waals surface area contributed by atoms with Crippen molar-refractivity contribution >= 4 is 11.6 Å². The summed E-state index contributed by atoms with van der Waals surface area (Å²) in [4.78, 5) is 44.7. The van der Waals surface area contributed by atoms with Crippen molar-refractivity contribution in [2.75, 3.05) is 44.2 Å². The predicted molar refractivity (Wildman–Crippen MR) is 118 cm³/mol. The second kappa shape index (κ2) is 10.2. The molecule has 1 fully saturated rings. The minimum Gasteiger partial charge on any atom is -0.369 e. The van der Waals surface area contributed by atoms with Crippen molar-refractivity contribution in [1.82, 2.24) is 20.2 Å². The summed E-state index contributed by atoms with van der Waals surface area (Å²) in [5.74, 6) is -0.0794. The molecule has 1 saturated heterocycles. The largest absolute Gasteiger partial charge is 0.369 e. The highest BCUT2D eigenvalue weighted by Gasteiger charge is 2.17. The number of nitrogens with one attached hydrogen (secondary N) is 3. The number of hydrogen-bond acceptors (Lipinski definition) is 5. The third-order valence-corrected chi connectivity index (χ3v) is 5.57. The van der Waals surface area contributed by atoms with Crippen molar-refractivity contribution in [2.45, 2.75) is 33.1 Å². The van der Waals surface area contributed by atoms with E-state index in [0.717, 1.165) is 39.1 Å². The molecule has 3 rings (SSSR count). The Bertz CT molecular complexity index is 973. The summed E-state index contributed by atoms with van der Waals surface area (Å²) >= 11 is 0. The van der Waals surface area contributed by atoms with Gasteiger partial charge < -0.3 is 15.2 Å². The Morgan fingerprint density at radius 3 is 2.57 bits per heavy atom. The van der Waals surface area contributed by atoms with Crippen LogP contribution in [0, 0.1) is 13.8 Å². The van der Waals surface area contributed by atoms with E-state index in [4.69, 9.17) is 0 Å². The molecule has 2 heterocycles. The Labute approximate surface area is 176 Å². The number of rotatable bonds is 8. The fraction of sp³-hybridized carbons (Fsp3) is 0.500. The van der Waals surface area contributed by atoms with Gasteiger partial charge in [0.15, 0.2) is 0 Å². The molecule has 1 aromatic heterocycles. The molecular weight excluding hydrogens is 382 g/mol. The van der Waals surface area contributed by atoms with E-state index in [0.29, 0.717) is 24.2 Å². The molecule has 1 aromatic carbocycles. The lowest BCUT2D eigenvalue weighted by Gasteiger charge is -2.36. The van der Waals surface area contributed by atoms with Gasteiger partial charge in [-0.1, -0.05) is 12.1 Å². The van der Waals surface area contributed by atoms with Crippen molar-refractivity contribution in [3.63, 3.8) is 0 Å². The zero-order valence-electron chi connectivity index (χ0n) is 17.8. The topological polar surface area (TPSA) is 101 Å². The predicted octanol–water partition coefficient (Wildman–Crippen LogP) is 0.941. The number of anilines is 1. The average Bonchev–Trinajstić information content (AvgIpc) is 2.71. The third kappa shape index (κ3) is 6.06. The van der Waals surface area contributed by atoms with Gasteiger partial charge in [-0.05, 0) is 50.9 Å². The third-order valence-electron chi connectivity index (χ3n) is 5.57. The van der Waals surface area contributed by atoms with E-state index in [9.17, 15) is 14.4 Å². The van der Waals surface area contributed by atoms with E-state index in [1.165, 1.54) is 11.3 Å². The van der Waals surface area contributed by atoms with E-state index >= 15 is 0 Å². The molecule has 30 heavy (non-hydrogen) atoms. The standard InChI is InChI=1S/C22H31N5O3/c1-16-5-3-6-18(15-16)27-13-11-26(12-14-27)10-4-9-23-20(28)8-7-19-17(2)24-22(30)25-21(19)29/h3,5-6,15H,4,7-14H2,1-2H3,(H,23,28)(H2,24,25,29,30). The van der Waals surface area contributed by atoms with E-state index in [1.807, 2.05) is 0 Å². The first-order chi connectivity index (χ1) is 14.4. The Morgan fingerprint density at radius 1 is 1.10 bits per heavy atom. The van der Waals surface area contributed by atoms with Crippen molar-refractivity contribution in [1.29, 1.82) is 0 Å². The normalized spacial score (nSPS) is 14.7. The summed E-state index contributed by atoms with van der Waals surface area (Å²) in [7, 11) is 0. The number of nitrogens with zero attached hydrogens (tertiary/aromatic N) is 2. The number of aromatic amines is 2. The highest BCUT2D eigenvalue weighted by molar-refractivity contribution is 5.76. The SMILES string of the molecule is Cc1cccc(N2CCN(CCCNC(=O)CCc3c(C)[nH]c(=O)[nH]c3=O)CC2)c1. The molecule has 0 aliphatic carbocycles. The van der Waals surface area contributed by atoms with Crippen LogP contribution < -0.4 is 21.5 Å². The Kier molecular flexibility index (Phi) is 7.46. The van der Waals surface area contributed by atoms with Crippen LogP contribution in [0.1, 0.15) is 29.7 Å². The molecule has 0 saturated carbocycles. The van der Waals surface area contributed by atoms with Crippen molar-refractivity contribution < 1.29 is 4.79 Å². The van der Waals surface area contributed by atoms with Gasteiger partial charge in [0.25, 0.3) is 5.56 Å². The van der Waals surface area contributed by atoms with Gasteiger partial charge in [0.1, 0.15) is 0 Å². The van der Waals surface area contributed by atoms with Crippen molar-refractivity contribution in [3.8, 4) is 0 Å². The lowest BCUT2D eigenvalue weighted by atomic mass is 10.1. The number of H-pyrrole nitrogens is 2. The molecule has 0 unspecified atom stereocenters. The molecule has 0 spiro atoms. The second-order valence-corrected chi connectivity index (χ2v) is 7.88. The summed E-state index contributed by atoms with van der Waals surface area (Å²) in [6, 6.07) is 8.62. The molecule has 8 nitrogen and oxygen atoms in total. The van der Waals surface area contributed by atoms with Crippen LogP contribution in [0.3, 0.4) is 0 Å². The monoisotopic (exact) mass is 413 g/mol. The van der Waals surface area contributed by atoms with Crippen LogP contribution in [0.5, 0.6) is 0 Å². The maximum atomic E-state index is 12.1. The molecule has 1 amide bonds. The number of aryl methyl sites for hydroxylation is 2. The number of hydrogen-bond donors (Lipinski definition) is 3.